The van der Waals surface area contributed by atoms with Crippen LogP contribution in [0.5, 0.6) is 0 Å². The molecule has 0 fully saturated rings. The first-order chi connectivity index (χ1) is 8.72. The van der Waals surface area contributed by atoms with Crippen LogP contribution in [0, 0.1) is 0 Å². The van der Waals surface area contributed by atoms with Crippen LogP contribution < -0.4 is 10.2 Å². The number of nitrogens with one attached hydrogen (secondary N) is 1. The average molecular weight is 247 g/mol. The molecule has 1 atom stereocenters. The number of hydrogen-bond donors (Lipinski definition) is 1. The molecule has 1 aromatic carbocycles. The van der Waals surface area contributed by atoms with Crippen LogP contribution in [0.2, 0.25) is 0 Å². The minimum atomic E-state index is -0.0536. The zero-order valence-corrected chi connectivity index (χ0v) is 11.1. The van der Waals surface area contributed by atoms with Crippen LogP contribution >= 0.6 is 0 Å². The summed E-state index contributed by atoms with van der Waals surface area (Å²) >= 11 is 0. The Hall–Kier alpha value is -1.55. The summed E-state index contributed by atoms with van der Waals surface area (Å²) in [5.74, 6) is 0. The van der Waals surface area contributed by atoms with Crippen LogP contribution in [0.1, 0.15) is 6.42 Å². The Morgan fingerprint density at radius 2 is 2.22 bits per heavy atom. The molecule has 98 valence electrons. The summed E-state index contributed by atoms with van der Waals surface area (Å²) in [7, 11) is 4.14. The van der Waals surface area contributed by atoms with Crippen molar-refractivity contribution in [1.29, 1.82) is 0 Å². The monoisotopic (exact) mass is 247 g/mol. The number of rotatable bonds is 5. The van der Waals surface area contributed by atoms with E-state index in [0.717, 1.165) is 37.2 Å². The van der Waals surface area contributed by atoms with E-state index < -0.39 is 0 Å². The Labute approximate surface area is 109 Å². The molecule has 2 rings (SSSR count). The molecular weight excluding hydrogens is 226 g/mol. The van der Waals surface area contributed by atoms with Crippen molar-refractivity contribution in [3.05, 3.63) is 24.3 Å². The van der Waals surface area contributed by atoms with Gasteiger partial charge in [0.25, 0.3) is 0 Å². The van der Waals surface area contributed by atoms with Crippen molar-refractivity contribution in [3.8, 4) is 0 Å². The molecule has 1 unspecified atom stereocenters. The van der Waals surface area contributed by atoms with Gasteiger partial charge >= 0.3 is 0 Å². The second-order valence-corrected chi connectivity index (χ2v) is 4.95. The van der Waals surface area contributed by atoms with Crippen LogP contribution in [-0.4, -0.2) is 51.0 Å². The molecule has 0 bridgehead atoms. The van der Waals surface area contributed by atoms with E-state index in [2.05, 4.69) is 41.3 Å². The molecule has 0 saturated carbocycles. The highest BCUT2D eigenvalue weighted by Crippen LogP contribution is 2.30. The summed E-state index contributed by atoms with van der Waals surface area (Å²) in [5, 5.41) is 3.31. The summed E-state index contributed by atoms with van der Waals surface area (Å²) in [6.07, 6.45) is 2.10. The highest BCUT2D eigenvalue weighted by Gasteiger charge is 2.24. The zero-order chi connectivity index (χ0) is 13.0. The number of carbonyl (C=O) groups excluding carboxylic acids is 1. The van der Waals surface area contributed by atoms with Crippen molar-refractivity contribution in [2.45, 2.75) is 12.5 Å². The maximum absolute atomic E-state index is 11.2. The number of anilines is 2. The van der Waals surface area contributed by atoms with Crippen molar-refractivity contribution in [2.75, 3.05) is 43.9 Å². The predicted molar refractivity (Wildman–Crippen MR) is 75.3 cm³/mol. The van der Waals surface area contributed by atoms with Gasteiger partial charge in [0.05, 0.1) is 11.4 Å². The normalized spacial score (nSPS) is 18.4. The van der Waals surface area contributed by atoms with Crippen molar-refractivity contribution in [3.63, 3.8) is 0 Å². The number of nitrogens with zero attached hydrogens (tertiary/aromatic N) is 2. The van der Waals surface area contributed by atoms with Crippen LogP contribution in [0.4, 0.5) is 11.4 Å². The predicted octanol–water partition coefficient (Wildman–Crippen LogP) is 1.44. The van der Waals surface area contributed by atoms with E-state index in [9.17, 15) is 4.79 Å². The lowest BCUT2D eigenvalue weighted by Gasteiger charge is -2.37. The van der Waals surface area contributed by atoms with E-state index in [4.69, 9.17) is 0 Å². The fourth-order valence-corrected chi connectivity index (χ4v) is 2.34. The van der Waals surface area contributed by atoms with Gasteiger partial charge in [-0.15, -0.1) is 0 Å². The minimum Gasteiger partial charge on any atom is -0.381 e. The molecule has 1 aliphatic heterocycles. The number of fused-ring (bicyclic) bond motifs is 1. The lowest BCUT2D eigenvalue weighted by Crippen LogP contribution is -2.46. The Kier molecular flexibility index (Phi) is 4.20. The van der Waals surface area contributed by atoms with Crippen LogP contribution in [-0.2, 0) is 4.79 Å². The van der Waals surface area contributed by atoms with E-state index in [0.29, 0.717) is 6.54 Å². The summed E-state index contributed by atoms with van der Waals surface area (Å²) in [4.78, 5) is 15.6. The third kappa shape index (κ3) is 2.82. The quantitative estimate of drug-likeness (QED) is 0.799. The molecule has 4 nitrogen and oxygen atoms in total. The number of benzene rings is 1. The van der Waals surface area contributed by atoms with Gasteiger partial charge in [-0.25, -0.2) is 0 Å². The van der Waals surface area contributed by atoms with Gasteiger partial charge in [-0.05, 0) is 39.2 Å². The maximum atomic E-state index is 11.2. The SMILES string of the molecule is CN(C)CCCN1c2ccccc2NCC1C=O. The summed E-state index contributed by atoms with van der Waals surface area (Å²) in [5.41, 5.74) is 2.26. The lowest BCUT2D eigenvalue weighted by atomic mass is 10.1. The first-order valence-electron chi connectivity index (χ1n) is 6.42. The fourth-order valence-electron chi connectivity index (χ4n) is 2.34. The van der Waals surface area contributed by atoms with E-state index in [1.165, 1.54) is 0 Å². The van der Waals surface area contributed by atoms with Gasteiger partial charge in [-0.1, -0.05) is 12.1 Å². The first-order valence-corrected chi connectivity index (χ1v) is 6.42. The van der Waals surface area contributed by atoms with Crippen molar-refractivity contribution in [1.82, 2.24) is 4.90 Å². The standard InChI is InChI=1S/C14H21N3O/c1-16(2)8-5-9-17-12(11-18)10-15-13-6-3-4-7-14(13)17/h3-4,6-7,11-12,15H,5,8-10H2,1-2H3. The maximum Gasteiger partial charge on any atom is 0.144 e. The van der Waals surface area contributed by atoms with Gasteiger partial charge < -0.3 is 19.9 Å². The molecule has 4 heteroatoms. The molecule has 0 aliphatic carbocycles. The highest BCUT2D eigenvalue weighted by molar-refractivity contribution is 5.79. The van der Waals surface area contributed by atoms with E-state index in [-0.39, 0.29) is 6.04 Å². The first kappa shape index (κ1) is 12.9. The van der Waals surface area contributed by atoms with Crippen molar-refractivity contribution < 1.29 is 4.79 Å². The zero-order valence-electron chi connectivity index (χ0n) is 11.1. The second kappa shape index (κ2) is 5.87. The summed E-state index contributed by atoms with van der Waals surface area (Å²) < 4.78 is 0. The summed E-state index contributed by atoms with van der Waals surface area (Å²) in [6, 6.07) is 8.13. The topological polar surface area (TPSA) is 35.6 Å². The smallest absolute Gasteiger partial charge is 0.144 e. The third-order valence-electron chi connectivity index (χ3n) is 3.28. The molecule has 0 aromatic heterocycles. The molecular formula is C14H21N3O. The number of carbonyl (C=O) groups is 1. The van der Waals surface area contributed by atoms with Gasteiger partial charge in [0.2, 0.25) is 0 Å². The molecule has 1 heterocycles. The van der Waals surface area contributed by atoms with Gasteiger partial charge in [-0.3, -0.25) is 0 Å². The van der Waals surface area contributed by atoms with Crippen molar-refractivity contribution in [2.24, 2.45) is 0 Å². The number of para-hydroxylation sites is 2. The largest absolute Gasteiger partial charge is 0.381 e. The lowest BCUT2D eigenvalue weighted by molar-refractivity contribution is -0.108. The van der Waals surface area contributed by atoms with Gasteiger partial charge in [-0.2, -0.15) is 0 Å². The Morgan fingerprint density at radius 1 is 1.44 bits per heavy atom. The van der Waals surface area contributed by atoms with E-state index in [1.807, 2.05) is 12.1 Å². The van der Waals surface area contributed by atoms with Gasteiger partial charge in [0.15, 0.2) is 0 Å². The molecule has 1 aliphatic rings. The number of hydrogen-bond acceptors (Lipinski definition) is 4. The molecule has 0 spiro atoms. The Bertz CT molecular complexity index is 406. The van der Waals surface area contributed by atoms with Gasteiger partial charge in [0, 0.05) is 13.1 Å². The van der Waals surface area contributed by atoms with Crippen molar-refractivity contribution >= 4 is 17.7 Å². The second-order valence-electron chi connectivity index (χ2n) is 4.95. The average Bonchev–Trinajstić information content (AvgIpc) is 2.38. The van der Waals surface area contributed by atoms with Crippen LogP contribution in [0.25, 0.3) is 0 Å². The fraction of sp³-hybridized carbons (Fsp3) is 0.500. The molecule has 0 amide bonds. The molecule has 1 aromatic rings. The minimum absolute atomic E-state index is 0.0536. The van der Waals surface area contributed by atoms with Gasteiger partial charge in [0.1, 0.15) is 12.3 Å². The Balaban J connectivity index is 2.11. The molecule has 18 heavy (non-hydrogen) atoms. The highest BCUT2D eigenvalue weighted by atomic mass is 16.1. The molecule has 0 radical (unpaired) electrons. The Morgan fingerprint density at radius 3 is 2.94 bits per heavy atom. The molecule has 1 N–H and O–H groups in total. The summed E-state index contributed by atoms with van der Waals surface area (Å²) in [6.45, 7) is 2.65. The number of aldehydes is 1. The van der Waals surface area contributed by atoms with E-state index >= 15 is 0 Å². The molecule has 0 saturated heterocycles. The van der Waals surface area contributed by atoms with Crippen LogP contribution in [0.15, 0.2) is 24.3 Å². The van der Waals surface area contributed by atoms with E-state index in [1.54, 1.807) is 0 Å². The van der Waals surface area contributed by atoms with Crippen LogP contribution in [0.3, 0.4) is 0 Å². The third-order valence-corrected chi connectivity index (χ3v) is 3.28.